The maximum atomic E-state index is 13.3. The first kappa shape index (κ1) is 39.0. The number of fused-ring (bicyclic) bond motifs is 1. The highest BCUT2D eigenvalue weighted by molar-refractivity contribution is 5.95. The van der Waals surface area contributed by atoms with Crippen molar-refractivity contribution in [3.05, 3.63) is 112 Å². The monoisotopic (exact) mass is 773 g/mol. The summed E-state index contributed by atoms with van der Waals surface area (Å²) in [5.74, 6) is 0.338. The number of para-hydroxylation sites is 1. The minimum Gasteiger partial charge on any atom is -0.506 e. The molecule has 1 fully saturated rings. The summed E-state index contributed by atoms with van der Waals surface area (Å²) in [4.78, 5) is 42.9. The number of H-pyrrole nitrogens is 1. The number of nitrogens with zero attached hydrogens (tertiary/aromatic N) is 3. The van der Waals surface area contributed by atoms with Gasteiger partial charge in [0.25, 0.3) is 0 Å². The molecule has 4 aromatic carbocycles. The molecule has 2 aliphatic rings. The third-order valence-electron chi connectivity index (χ3n) is 10.3. The van der Waals surface area contributed by atoms with Gasteiger partial charge in [-0.05, 0) is 48.2 Å². The molecule has 57 heavy (non-hydrogen) atoms. The van der Waals surface area contributed by atoms with Crippen LogP contribution in [0.1, 0.15) is 42.9 Å². The minimum absolute atomic E-state index is 0.0731. The van der Waals surface area contributed by atoms with Crippen LogP contribution in [0.3, 0.4) is 0 Å². The van der Waals surface area contributed by atoms with E-state index in [0.717, 1.165) is 28.8 Å². The minimum atomic E-state index is -0.933. The highest BCUT2D eigenvalue weighted by Crippen LogP contribution is 2.36. The first-order valence-corrected chi connectivity index (χ1v) is 19.1. The zero-order valence-electron chi connectivity index (χ0n) is 31.7. The molecule has 0 radical (unpaired) electrons. The van der Waals surface area contributed by atoms with Crippen LogP contribution in [-0.2, 0) is 16.1 Å². The number of anilines is 3. The molecule has 7 rings (SSSR count). The van der Waals surface area contributed by atoms with Gasteiger partial charge in [-0.25, -0.2) is 4.79 Å². The van der Waals surface area contributed by atoms with Crippen molar-refractivity contribution in [3.63, 3.8) is 0 Å². The van der Waals surface area contributed by atoms with Gasteiger partial charge in [-0.2, -0.15) is 5.10 Å². The van der Waals surface area contributed by atoms with Crippen molar-refractivity contribution in [3.8, 4) is 22.6 Å². The number of ether oxygens (including phenoxy) is 2. The fraction of sp³-hybridized carbons (Fsp3) is 0.302. The van der Waals surface area contributed by atoms with Gasteiger partial charge in [-0.15, -0.1) is 0 Å². The van der Waals surface area contributed by atoms with Crippen molar-refractivity contribution in [2.24, 2.45) is 5.10 Å². The third kappa shape index (κ3) is 9.60. The van der Waals surface area contributed by atoms with Crippen LogP contribution in [0.15, 0.2) is 101 Å². The molecule has 1 atom stereocenters. The van der Waals surface area contributed by atoms with E-state index in [1.807, 2.05) is 71.9 Å². The Morgan fingerprint density at radius 1 is 0.947 bits per heavy atom. The van der Waals surface area contributed by atoms with Gasteiger partial charge in [0, 0.05) is 87.0 Å². The van der Waals surface area contributed by atoms with Crippen LogP contribution in [0.5, 0.6) is 11.5 Å². The van der Waals surface area contributed by atoms with E-state index in [1.165, 1.54) is 12.1 Å². The molecular weight excluding hydrogens is 727 g/mol. The molecule has 0 saturated carbocycles. The van der Waals surface area contributed by atoms with Crippen molar-refractivity contribution in [1.29, 1.82) is 0 Å². The first-order valence-electron chi connectivity index (χ1n) is 19.1. The Labute approximate surface area is 330 Å². The SMILES string of the molecule is COc1cc(NC(=O)CCN2CCC(OC(=O)Nc3ccccc3-c3ccccc3)CC2)c(N2CCC=N2)cc1CNC[C@H](O)c1ccc(O)c2[nH]c(=O)ccc12. The van der Waals surface area contributed by atoms with E-state index in [1.54, 1.807) is 25.3 Å². The number of carbonyl (C=O) groups excluding carboxylic acids is 2. The second-order valence-corrected chi connectivity index (χ2v) is 14.1. The van der Waals surface area contributed by atoms with E-state index in [-0.39, 0.29) is 41.8 Å². The number of methoxy groups -OCH3 is 1. The molecule has 14 nitrogen and oxygen atoms in total. The van der Waals surface area contributed by atoms with Crippen molar-refractivity contribution in [2.45, 2.75) is 44.4 Å². The predicted octanol–water partition coefficient (Wildman–Crippen LogP) is 5.97. The van der Waals surface area contributed by atoms with E-state index in [2.05, 4.69) is 30.9 Å². The van der Waals surface area contributed by atoms with Crippen LogP contribution < -0.4 is 31.3 Å². The smallest absolute Gasteiger partial charge is 0.411 e. The highest BCUT2D eigenvalue weighted by Gasteiger charge is 2.24. The molecule has 6 N–H and O–H groups in total. The average Bonchev–Trinajstić information content (AvgIpc) is 3.77. The van der Waals surface area contributed by atoms with Gasteiger partial charge in [0.05, 0.1) is 35.8 Å². The number of likely N-dealkylation sites (tertiary alicyclic amines) is 1. The maximum Gasteiger partial charge on any atom is 0.411 e. The van der Waals surface area contributed by atoms with E-state index in [0.29, 0.717) is 73.6 Å². The van der Waals surface area contributed by atoms with Gasteiger partial charge < -0.3 is 40.2 Å². The summed E-state index contributed by atoms with van der Waals surface area (Å²) in [5, 5.41) is 37.5. The van der Waals surface area contributed by atoms with Crippen molar-refractivity contribution in [1.82, 2.24) is 15.2 Å². The Hall–Kier alpha value is -6.22. The van der Waals surface area contributed by atoms with Crippen molar-refractivity contribution >= 4 is 46.2 Å². The summed E-state index contributed by atoms with van der Waals surface area (Å²) in [6.07, 6.45) is 2.59. The number of aromatic amines is 1. The number of aromatic hydroxyl groups is 1. The largest absolute Gasteiger partial charge is 0.506 e. The highest BCUT2D eigenvalue weighted by atomic mass is 16.6. The maximum absolute atomic E-state index is 13.3. The molecule has 3 heterocycles. The van der Waals surface area contributed by atoms with Crippen LogP contribution in [0.4, 0.5) is 21.9 Å². The molecule has 1 aromatic heterocycles. The summed E-state index contributed by atoms with van der Waals surface area (Å²) in [7, 11) is 1.57. The van der Waals surface area contributed by atoms with E-state index in [9.17, 15) is 24.6 Å². The van der Waals surface area contributed by atoms with Crippen molar-refractivity contribution < 1.29 is 29.3 Å². The van der Waals surface area contributed by atoms with Crippen LogP contribution >= 0.6 is 0 Å². The number of benzene rings is 4. The summed E-state index contributed by atoms with van der Waals surface area (Å²) in [6.45, 7) is 3.13. The zero-order chi connectivity index (χ0) is 39.7. The number of pyridine rings is 1. The van der Waals surface area contributed by atoms with Gasteiger partial charge in [0.2, 0.25) is 11.5 Å². The molecule has 0 unspecified atom stereocenters. The number of amides is 2. The number of hydrogen-bond donors (Lipinski definition) is 6. The van der Waals surface area contributed by atoms with Crippen molar-refractivity contribution in [2.75, 3.05) is 55.5 Å². The topological polar surface area (TPSA) is 181 Å². The number of aromatic nitrogens is 1. The summed E-state index contributed by atoms with van der Waals surface area (Å²) < 4.78 is 11.5. The van der Waals surface area contributed by atoms with Gasteiger partial charge in [-0.3, -0.25) is 19.9 Å². The number of hydrogen-bond acceptors (Lipinski definition) is 11. The Morgan fingerprint density at radius 2 is 1.74 bits per heavy atom. The summed E-state index contributed by atoms with van der Waals surface area (Å²) >= 11 is 0. The van der Waals surface area contributed by atoms with Crippen LogP contribution in [0.2, 0.25) is 0 Å². The molecule has 0 aliphatic carbocycles. The van der Waals surface area contributed by atoms with Gasteiger partial charge in [0.15, 0.2) is 0 Å². The zero-order valence-corrected chi connectivity index (χ0v) is 31.7. The van der Waals surface area contributed by atoms with Gasteiger partial charge in [0.1, 0.15) is 17.6 Å². The Kier molecular flexibility index (Phi) is 12.4. The summed E-state index contributed by atoms with van der Waals surface area (Å²) in [6, 6.07) is 27.3. The van der Waals surface area contributed by atoms with Crippen LogP contribution in [-0.4, -0.2) is 84.2 Å². The number of phenolic OH excluding ortho intramolecular Hbond substituents is 1. The number of nitrogens with one attached hydrogen (secondary N) is 4. The second-order valence-electron chi connectivity index (χ2n) is 14.1. The normalized spacial score (nSPS) is 15.1. The lowest BCUT2D eigenvalue weighted by molar-refractivity contribution is -0.116. The molecule has 296 valence electrons. The Balaban J connectivity index is 0.915. The molecule has 0 bridgehead atoms. The van der Waals surface area contributed by atoms with Crippen LogP contribution in [0.25, 0.3) is 22.0 Å². The van der Waals surface area contributed by atoms with Gasteiger partial charge in [-0.1, -0.05) is 54.6 Å². The molecule has 5 aromatic rings. The fourth-order valence-electron chi connectivity index (χ4n) is 7.31. The number of phenols is 1. The quantitative estimate of drug-likeness (QED) is 0.0787. The lowest BCUT2D eigenvalue weighted by atomic mass is 10.0. The molecular formula is C43H47N7O7. The molecule has 1 saturated heterocycles. The number of rotatable bonds is 14. The number of aliphatic hydroxyl groups excluding tert-OH is 1. The lowest BCUT2D eigenvalue weighted by Crippen LogP contribution is -2.39. The second kappa shape index (κ2) is 18.2. The predicted molar refractivity (Wildman–Crippen MR) is 221 cm³/mol. The number of hydrazone groups is 1. The van der Waals surface area contributed by atoms with E-state index in [4.69, 9.17) is 9.47 Å². The van der Waals surface area contributed by atoms with Gasteiger partial charge >= 0.3 is 6.09 Å². The number of carbonyl (C=O) groups is 2. The first-order chi connectivity index (χ1) is 27.7. The summed E-state index contributed by atoms with van der Waals surface area (Å²) in [5.41, 5.74) is 5.22. The average molecular weight is 774 g/mol. The fourth-order valence-corrected chi connectivity index (χ4v) is 7.31. The Morgan fingerprint density at radius 3 is 2.51 bits per heavy atom. The van der Waals surface area contributed by atoms with E-state index < -0.39 is 12.2 Å². The standard InChI is InChI=1S/C43H47N7O7/c1-56-39-25-35(36(50-20-7-19-45-50)24-29(39)26-44-27-38(52)32-12-14-37(51)42-33(32)13-15-40(53)48-42)46-41(54)18-23-49-21-16-30(17-22-49)57-43(55)47-34-11-6-5-10-31(34)28-8-3-2-4-9-28/h2-6,8-15,19,24-25,30,38,44,51-52H,7,16-18,20-23,26-27H2,1H3,(H,46,54)(H,47,55)(H,48,53)/t38-/m0/s1. The Bertz CT molecular complexity index is 2290. The number of aliphatic hydroxyl groups is 1. The van der Waals surface area contributed by atoms with Crippen LogP contribution in [0, 0.1) is 0 Å². The molecule has 14 heteroatoms. The molecule has 0 spiro atoms. The lowest BCUT2D eigenvalue weighted by Gasteiger charge is -2.31. The number of piperidine rings is 1. The molecule has 2 aliphatic heterocycles. The molecule has 2 amide bonds. The van der Waals surface area contributed by atoms with E-state index >= 15 is 0 Å². The third-order valence-corrected chi connectivity index (χ3v) is 10.3.